The molecule has 2 aromatic heterocycles. The fourth-order valence-corrected chi connectivity index (χ4v) is 6.97. The topological polar surface area (TPSA) is 176 Å². The van der Waals surface area contributed by atoms with E-state index in [2.05, 4.69) is 25.9 Å². The number of H-pyrrole nitrogens is 1. The standard InChI is InChI=1S/C28H25N5O7S2/c1-42(38,39)16-5-2-14(3-6-16)11-29-25(35)17-7-9-20-22(17)23-26(36)32-24(33-28(23)41-20)27(37)30-12-15-4-8-19-18(10-15)31-21(34)13-40-19/h2-6,8,10,17H,7,9,11-13H2,1H3,(H,29,35)(H,30,37)(H,31,34)(H,32,33,36). The van der Waals surface area contributed by atoms with E-state index in [1.54, 1.807) is 30.3 Å². The number of sulfone groups is 1. The number of amides is 3. The van der Waals surface area contributed by atoms with Crippen LogP contribution >= 0.6 is 11.3 Å². The minimum absolute atomic E-state index is 0.0501. The van der Waals surface area contributed by atoms with Crippen LogP contribution in [0.2, 0.25) is 0 Å². The van der Waals surface area contributed by atoms with Crippen molar-refractivity contribution < 1.29 is 27.5 Å². The highest BCUT2D eigenvalue weighted by atomic mass is 32.2. The zero-order chi connectivity index (χ0) is 29.6. The van der Waals surface area contributed by atoms with E-state index in [0.717, 1.165) is 16.7 Å². The third-order valence-electron chi connectivity index (χ3n) is 7.16. The normalized spacial score (nSPS) is 15.8. The number of thiophene rings is 1. The second kappa shape index (κ2) is 10.7. The molecule has 6 rings (SSSR count). The summed E-state index contributed by atoms with van der Waals surface area (Å²) in [5.74, 6) is -1.21. The van der Waals surface area contributed by atoms with Crippen molar-refractivity contribution in [1.82, 2.24) is 20.6 Å². The second-order valence-electron chi connectivity index (χ2n) is 10.1. The number of aromatic amines is 1. The Hall–Kier alpha value is -4.56. The Kier molecular flexibility index (Phi) is 7.02. The number of aryl methyl sites for hydroxylation is 1. The number of rotatable bonds is 7. The molecule has 12 nitrogen and oxygen atoms in total. The van der Waals surface area contributed by atoms with Crippen LogP contribution in [0.1, 0.15) is 44.5 Å². The Labute approximate surface area is 243 Å². The summed E-state index contributed by atoms with van der Waals surface area (Å²) in [4.78, 5) is 59.2. The highest BCUT2D eigenvalue weighted by Gasteiger charge is 2.34. The minimum atomic E-state index is -3.31. The molecule has 1 unspecified atom stereocenters. The molecule has 0 bridgehead atoms. The van der Waals surface area contributed by atoms with Crippen LogP contribution in [0, 0.1) is 0 Å². The van der Waals surface area contributed by atoms with E-state index in [1.807, 2.05) is 0 Å². The van der Waals surface area contributed by atoms with Gasteiger partial charge in [0.25, 0.3) is 17.4 Å². The van der Waals surface area contributed by atoms with Crippen molar-refractivity contribution >= 4 is 54.8 Å². The maximum Gasteiger partial charge on any atom is 0.287 e. The van der Waals surface area contributed by atoms with E-state index in [4.69, 9.17) is 4.74 Å². The van der Waals surface area contributed by atoms with Gasteiger partial charge in [-0.2, -0.15) is 0 Å². The Morgan fingerprint density at radius 1 is 1.07 bits per heavy atom. The van der Waals surface area contributed by atoms with E-state index in [1.165, 1.54) is 23.5 Å². The summed E-state index contributed by atoms with van der Waals surface area (Å²) in [6.45, 7) is 0.286. The Bertz CT molecular complexity index is 1930. The molecule has 14 heteroatoms. The Balaban J connectivity index is 1.15. The SMILES string of the molecule is CS(=O)(=O)c1ccc(CNC(=O)C2CCc3sc4nc(C(=O)NCc5ccc6c(c5)NC(=O)CO6)[nH]c(=O)c4c32)cc1. The van der Waals surface area contributed by atoms with Gasteiger partial charge in [-0.3, -0.25) is 19.2 Å². The third-order valence-corrected chi connectivity index (χ3v) is 9.45. The van der Waals surface area contributed by atoms with Crippen molar-refractivity contribution in [3.05, 3.63) is 80.2 Å². The smallest absolute Gasteiger partial charge is 0.287 e. The first-order chi connectivity index (χ1) is 20.1. The first kappa shape index (κ1) is 27.6. The van der Waals surface area contributed by atoms with Crippen molar-refractivity contribution in [1.29, 1.82) is 0 Å². The second-order valence-corrected chi connectivity index (χ2v) is 13.2. The lowest BCUT2D eigenvalue weighted by atomic mass is 10.00. The largest absolute Gasteiger partial charge is 0.482 e. The molecule has 42 heavy (non-hydrogen) atoms. The fraction of sp³-hybridized carbons (Fsp3) is 0.250. The molecule has 0 spiro atoms. The van der Waals surface area contributed by atoms with Crippen LogP contribution in [-0.4, -0.2) is 49.0 Å². The molecule has 1 aliphatic carbocycles. The highest BCUT2D eigenvalue weighted by Crippen LogP contribution is 2.42. The predicted molar refractivity (Wildman–Crippen MR) is 154 cm³/mol. The average Bonchev–Trinajstić information content (AvgIpc) is 3.53. The van der Waals surface area contributed by atoms with E-state index in [9.17, 15) is 27.6 Å². The molecular formula is C28H25N5O7S2. The lowest BCUT2D eigenvalue weighted by Gasteiger charge is -2.18. The molecule has 0 saturated carbocycles. The van der Waals surface area contributed by atoms with Crippen LogP contribution in [0.15, 0.2) is 52.2 Å². The van der Waals surface area contributed by atoms with Gasteiger partial charge in [-0.05, 0) is 53.8 Å². The van der Waals surface area contributed by atoms with Gasteiger partial charge in [-0.25, -0.2) is 13.4 Å². The summed E-state index contributed by atoms with van der Waals surface area (Å²) in [6, 6.07) is 11.5. The van der Waals surface area contributed by atoms with Gasteiger partial charge in [0.2, 0.25) is 11.7 Å². The quantitative estimate of drug-likeness (QED) is 0.247. The molecule has 0 saturated heterocycles. The number of fused-ring (bicyclic) bond motifs is 4. The number of carbonyl (C=O) groups excluding carboxylic acids is 3. The number of hydrogen-bond donors (Lipinski definition) is 4. The first-order valence-electron chi connectivity index (χ1n) is 13.0. The van der Waals surface area contributed by atoms with Crippen LogP contribution in [0.25, 0.3) is 10.2 Å². The van der Waals surface area contributed by atoms with E-state index in [0.29, 0.717) is 45.6 Å². The van der Waals surface area contributed by atoms with Crippen molar-refractivity contribution in [2.75, 3.05) is 18.2 Å². The van der Waals surface area contributed by atoms with Gasteiger partial charge in [0, 0.05) is 24.2 Å². The zero-order valence-corrected chi connectivity index (χ0v) is 23.9. The molecule has 4 aromatic rings. The third kappa shape index (κ3) is 5.37. The summed E-state index contributed by atoms with van der Waals surface area (Å²) in [5.41, 5.74) is 2.12. The molecule has 0 radical (unpaired) electrons. The lowest BCUT2D eigenvalue weighted by molar-refractivity contribution is -0.122. The summed E-state index contributed by atoms with van der Waals surface area (Å²) < 4.78 is 28.7. The molecule has 1 atom stereocenters. The molecule has 2 aromatic carbocycles. The monoisotopic (exact) mass is 607 g/mol. The van der Waals surface area contributed by atoms with Gasteiger partial charge in [-0.15, -0.1) is 11.3 Å². The number of nitrogens with zero attached hydrogens (tertiary/aromatic N) is 1. The minimum Gasteiger partial charge on any atom is -0.482 e. The van der Waals surface area contributed by atoms with Gasteiger partial charge in [0.15, 0.2) is 16.4 Å². The summed E-state index contributed by atoms with van der Waals surface area (Å²) in [6.07, 6.45) is 2.29. The van der Waals surface area contributed by atoms with Crippen LogP contribution < -0.4 is 26.2 Å². The molecule has 2 aliphatic rings. The van der Waals surface area contributed by atoms with Crippen LogP contribution in [0.3, 0.4) is 0 Å². The van der Waals surface area contributed by atoms with Gasteiger partial charge >= 0.3 is 0 Å². The lowest BCUT2D eigenvalue weighted by Crippen LogP contribution is -2.29. The number of anilines is 1. The number of benzene rings is 2. The highest BCUT2D eigenvalue weighted by molar-refractivity contribution is 7.90. The maximum atomic E-state index is 13.1. The van der Waals surface area contributed by atoms with Crippen LogP contribution in [0.4, 0.5) is 5.69 Å². The van der Waals surface area contributed by atoms with E-state index >= 15 is 0 Å². The van der Waals surface area contributed by atoms with Crippen LogP contribution in [0.5, 0.6) is 5.75 Å². The summed E-state index contributed by atoms with van der Waals surface area (Å²) in [5, 5.41) is 8.64. The van der Waals surface area contributed by atoms with Gasteiger partial charge in [-0.1, -0.05) is 18.2 Å². The molecular weight excluding hydrogens is 582 g/mol. The fourth-order valence-electron chi connectivity index (χ4n) is 5.09. The number of ether oxygens (including phenoxy) is 1. The number of aromatic nitrogens is 2. The molecule has 1 aliphatic heterocycles. The zero-order valence-electron chi connectivity index (χ0n) is 22.3. The summed E-state index contributed by atoms with van der Waals surface area (Å²) in [7, 11) is -3.31. The molecule has 3 amide bonds. The Morgan fingerprint density at radius 3 is 2.57 bits per heavy atom. The predicted octanol–water partition coefficient (Wildman–Crippen LogP) is 2.00. The number of carbonyl (C=O) groups is 3. The molecule has 3 heterocycles. The Morgan fingerprint density at radius 2 is 1.81 bits per heavy atom. The van der Waals surface area contributed by atoms with Gasteiger partial charge < -0.3 is 25.7 Å². The maximum absolute atomic E-state index is 13.1. The molecule has 4 N–H and O–H groups in total. The van der Waals surface area contributed by atoms with E-state index in [-0.39, 0.29) is 42.2 Å². The van der Waals surface area contributed by atoms with E-state index < -0.39 is 27.2 Å². The summed E-state index contributed by atoms with van der Waals surface area (Å²) >= 11 is 1.30. The average molecular weight is 608 g/mol. The van der Waals surface area contributed by atoms with Gasteiger partial charge in [0.1, 0.15) is 10.6 Å². The molecule has 216 valence electrons. The van der Waals surface area contributed by atoms with Gasteiger partial charge in [0.05, 0.1) is 21.9 Å². The number of nitrogens with one attached hydrogen (secondary N) is 4. The van der Waals surface area contributed by atoms with Crippen molar-refractivity contribution in [2.45, 2.75) is 36.7 Å². The number of hydrogen-bond acceptors (Lipinski definition) is 9. The van der Waals surface area contributed by atoms with Crippen molar-refractivity contribution in [3.63, 3.8) is 0 Å². The van der Waals surface area contributed by atoms with Crippen LogP contribution in [-0.2, 0) is 38.9 Å². The first-order valence-corrected chi connectivity index (χ1v) is 15.7. The van der Waals surface area contributed by atoms with Crippen molar-refractivity contribution in [3.8, 4) is 5.75 Å². The van der Waals surface area contributed by atoms with Crippen molar-refractivity contribution in [2.24, 2.45) is 0 Å². The molecule has 0 fully saturated rings.